The van der Waals surface area contributed by atoms with Crippen LogP contribution in [-0.2, 0) is 6.42 Å². The number of benzene rings is 2. The number of amides is 1. The highest BCUT2D eigenvalue weighted by molar-refractivity contribution is 6.31. The Hall–Kier alpha value is -4.22. The van der Waals surface area contributed by atoms with E-state index in [2.05, 4.69) is 20.6 Å². The van der Waals surface area contributed by atoms with Crippen molar-refractivity contribution < 1.29 is 9.18 Å². The lowest BCUT2D eigenvalue weighted by molar-refractivity contribution is 0.0953. The predicted molar refractivity (Wildman–Crippen MR) is 156 cm³/mol. The number of nitrogens with two attached hydrogens (primary N) is 2. The minimum Gasteiger partial charge on any atom is -0.370 e. The largest absolute Gasteiger partial charge is 0.370 e. The van der Waals surface area contributed by atoms with Crippen molar-refractivity contribution in [2.24, 2.45) is 11.5 Å². The zero-order valence-corrected chi connectivity index (χ0v) is 22.8. The number of aromatic nitrogens is 3. The molecular formula is C28H32ClFN8O2. The molecule has 2 aromatic carbocycles. The van der Waals surface area contributed by atoms with Crippen molar-refractivity contribution in [3.63, 3.8) is 0 Å². The molecule has 0 aliphatic carbocycles. The van der Waals surface area contributed by atoms with Crippen LogP contribution in [0.4, 0.5) is 4.39 Å². The van der Waals surface area contributed by atoms with E-state index in [1.807, 2.05) is 6.92 Å². The molecule has 0 fully saturated rings. The molecule has 0 aliphatic rings. The zero-order valence-electron chi connectivity index (χ0n) is 22.1. The number of carbonyl (C=O) groups is 1. The second-order valence-electron chi connectivity index (χ2n) is 9.69. The second kappa shape index (κ2) is 12.8. The third kappa shape index (κ3) is 7.04. The van der Waals surface area contributed by atoms with Gasteiger partial charge in [-0.05, 0) is 80.6 Å². The van der Waals surface area contributed by atoms with Gasteiger partial charge in [0.25, 0.3) is 5.91 Å². The molecule has 1 amide bonds. The van der Waals surface area contributed by atoms with Gasteiger partial charge in [-0.2, -0.15) is 4.98 Å². The predicted octanol–water partition coefficient (Wildman–Crippen LogP) is 3.45. The Kier molecular flexibility index (Phi) is 9.18. The van der Waals surface area contributed by atoms with Crippen LogP contribution in [0.3, 0.4) is 0 Å². The average Bonchev–Trinajstić information content (AvgIpc) is 3.32. The number of guanidine groups is 1. The molecule has 0 unspecified atom stereocenters. The first-order valence-corrected chi connectivity index (χ1v) is 13.3. The number of nitrogens with one attached hydrogen (secondary N) is 4. The van der Waals surface area contributed by atoms with Crippen molar-refractivity contribution in [3.8, 4) is 16.9 Å². The number of aromatic amines is 1. The Balaban J connectivity index is 1.53. The number of halogens is 2. The molecule has 0 spiro atoms. The van der Waals surface area contributed by atoms with Crippen molar-refractivity contribution in [3.05, 3.63) is 81.1 Å². The second-order valence-corrected chi connectivity index (χ2v) is 10.1. The van der Waals surface area contributed by atoms with Gasteiger partial charge >= 0.3 is 5.69 Å². The van der Waals surface area contributed by atoms with E-state index in [0.717, 1.165) is 18.4 Å². The fourth-order valence-electron chi connectivity index (χ4n) is 4.33. The summed E-state index contributed by atoms with van der Waals surface area (Å²) in [5, 5.41) is 13.2. The summed E-state index contributed by atoms with van der Waals surface area (Å²) < 4.78 is 16.4. The molecule has 4 aromatic rings. The Labute approximate surface area is 235 Å². The van der Waals surface area contributed by atoms with Crippen molar-refractivity contribution >= 4 is 34.5 Å². The molecule has 0 radical (unpaired) electrons. The molecule has 12 heteroatoms. The van der Waals surface area contributed by atoms with E-state index in [0.29, 0.717) is 59.5 Å². The van der Waals surface area contributed by atoms with Gasteiger partial charge in [-0.15, -0.1) is 0 Å². The lowest BCUT2D eigenvalue weighted by Gasteiger charge is -2.09. The number of hydrogen-bond acceptors (Lipinski definition) is 5. The summed E-state index contributed by atoms with van der Waals surface area (Å²) in [6, 6.07) is 11.7. The van der Waals surface area contributed by atoms with Crippen molar-refractivity contribution in [1.29, 1.82) is 5.41 Å². The van der Waals surface area contributed by atoms with Gasteiger partial charge in [0.1, 0.15) is 5.65 Å². The number of rotatable bonds is 11. The van der Waals surface area contributed by atoms with E-state index in [4.69, 9.17) is 28.5 Å². The first-order chi connectivity index (χ1) is 19.1. The maximum Gasteiger partial charge on any atom is 0.354 e. The van der Waals surface area contributed by atoms with Gasteiger partial charge in [0.05, 0.1) is 16.4 Å². The summed E-state index contributed by atoms with van der Waals surface area (Å²) in [6.07, 6.45) is 4.64. The third-order valence-electron chi connectivity index (χ3n) is 6.37. The number of hydrogen-bond donors (Lipinski definition) is 6. The summed E-state index contributed by atoms with van der Waals surface area (Å²) in [5.74, 6) is -0.926. The van der Waals surface area contributed by atoms with Crippen LogP contribution in [0.1, 0.15) is 42.1 Å². The summed E-state index contributed by atoms with van der Waals surface area (Å²) in [6.45, 7) is 2.84. The molecule has 10 nitrogen and oxygen atoms in total. The van der Waals surface area contributed by atoms with E-state index >= 15 is 4.39 Å². The smallest absolute Gasteiger partial charge is 0.354 e. The summed E-state index contributed by atoms with van der Waals surface area (Å²) >= 11 is 6.20. The van der Waals surface area contributed by atoms with Gasteiger partial charge in [-0.25, -0.2) is 9.18 Å². The standard InChI is InChI=1S/C28H32ClFN8O2/c1-16(31)4-2-5-17-12-21(24(30)22(29)13-17)23-14-19-15-38(28(40)37-25(19)36-23)20-8-6-18(7-9-20)26(39)34-10-3-11-35-27(32)33/h6-9,12-16H,2-5,10-11,31H2,1H3,(H,34,39)(H4,32,33,35)(H,36,37,40)/t16-/m0/s1. The molecule has 210 valence electrons. The summed E-state index contributed by atoms with van der Waals surface area (Å²) in [7, 11) is 0. The maximum atomic E-state index is 15.0. The van der Waals surface area contributed by atoms with E-state index < -0.39 is 11.5 Å². The van der Waals surface area contributed by atoms with Gasteiger partial charge in [-0.3, -0.25) is 14.8 Å². The van der Waals surface area contributed by atoms with E-state index in [1.165, 1.54) is 4.57 Å². The summed E-state index contributed by atoms with van der Waals surface area (Å²) in [5.41, 5.74) is 13.5. The molecule has 0 saturated heterocycles. The topological polar surface area (TPSA) is 168 Å². The van der Waals surface area contributed by atoms with E-state index in [1.54, 1.807) is 48.7 Å². The lowest BCUT2D eigenvalue weighted by atomic mass is 10.0. The molecule has 0 bridgehead atoms. The van der Waals surface area contributed by atoms with Gasteiger partial charge in [0, 0.05) is 41.8 Å². The molecule has 2 heterocycles. The van der Waals surface area contributed by atoms with E-state index in [9.17, 15) is 9.59 Å². The monoisotopic (exact) mass is 566 g/mol. The average molecular weight is 567 g/mol. The van der Waals surface area contributed by atoms with Crippen molar-refractivity contribution in [1.82, 2.24) is 25.2 Å². The summed E-state index contributed by atoms with van der Waals surface area (Å²) in [4.78, 5) is 32.4. The zero-order chi connectivity index (χ0) is 28.8. The fourth-order valence-corrected chi connectivity index (χ4v) is 4.57. The molecule has 1 atom stereocenters. The van der Waals surface area contributed by atoms with Crippen LogP contribution in [-0.4, -0.2) is 45.5 Å². The minimum absolute atomic E-state index is 0.0244. The molecule has 2 aromatic heterocycles. The van der Waals surface area contributed by atoms with Crippen LogP contribution >= 0.6 is 11.6 Å². The molecule has 0 aliphatic heterocycles. The van der Waals surface area contributed by atoms with Crippen LogP contribution in [0.5, 0.6) is 0 Å². The Bertz CT molecular complexity index is 1580. The lowest BCUT2D eigenvalue weighted by Crippen LogP contribution is -2.33. The highest BCUT2D eigenvalue weighted by Crippen LogP contribution is 2.31. The van der Waals surface area contributed by atoms with Crippen molar-refractivity contribution in [2.75, 3.05) is 13.1 Å². The molecule has 4 rings (SSSR count). The molecule has 8 N–H and O–H groups in total. The first-order valence-electron chi connectivity index (χ1n) is 12.9. The number of fused-ring (bicyclic) bond motifs is 1. The van der Waals surface area contributed by atoms with Crippen LogP contribution in [0.15, 0.2) is 53.5 Å². The third-order valence-corrected chi connectivity index (χ3v) is 6.65. The van der Waals surface area contributed by atoms with Crippen LogP contribution in [0.2, 0.25) is 5.02 Å². The first kappa shape index (κ1) is 28.8. The number of aryl methyl sites for hydroxylation is 1. The van der Waals surface area contributed by atoms with Crippen molar-refractivity contribution in [2.45, 2.75) is 38.6 Å². The molecule has 0 saturated carbocycles. The van der Waals surface area contributed by atoms with Gasteiger partial charge in [0.2, 0.25) is 0 Å². The van der Waals surface area contributed by atoms with Gasteiger partial charge in [-0.1, -0.05) is 11.6 Å². The minimum atomic E-state index is -0.552. The number of nitrogens with zero attached hydrogens (tertiary/aromatic N) is 2. The highest BCUT2D eigenvalue weighted by atomic mass is 35.5. The van der Waals surface area contributed by atoms with Crippen LogP contribution < -0.4 is 27.8 Å². The van der Waals surface area contributed by atoms with Gasteiger partial charge < -0.3 is 27.1 Å². The molecule has 40 heavy (non-hydrogen) atoms. The Morgan fingerprint density at radius 3 is 2.60 bits per heavy atom. The SMILES string of the molecule is C[C@H](N)CCCc1cc(Cl)c(F)c(-c2cc3cn(-c4ccc(C(=O)NCCCNC(=N)N)cc4)c(=O)nc3[nH]2)c1. The Morgan fingerprint density at radius 2 is 1.90 bits per heavy atom. The molecular weight excluding hydrogens is 535 g/mol. The highest BCUT2D eigenvalue weighted by Gasteiger charge is 2.16. The number of H-pyrrole nitrogens is 1. The quantitative estimate of drug-likeness (QED) is 0.0923. The normalized spacial score (nSPS) is 11.9. The number of carbonyl (C=O) groups excluding carboxylic acids is 1. The fraction of sp³-hybridized carbons (Fsp3) is 0.286. The van der Waals surface area contributed by atoms with E-state index in [-0.39, 0.29) is 22.9 Å². The maximum absolute atomic E-state index is 15.0. The van der Waals surface area contributed by atoms with Crippen LogP contribution in [0, 0.1) is 11.2 Å². The van der Waals surface area contributed by atoms with Crippen LogP contribution in [0.25, 0.3) is 28.0 Å². The Morgan fingerprint density at radius 1 is 1.18 bits per heavy atom. The van der Waals surface area contributed by atoms with Gasteiger partial charge in [0.15, 0.2) is 11.8 Å².